The predicted octanol–water partition coefficient (Wildman–Crippen LogP) is 3.14. The molecule has 1 amide bonds. The average Bonchev–Trinajstić information content (AvgIpc) is 2.44. The zero-order valence-corrected chi connectivity index (χ0v) is 10.7. The number of rotatable bonds is 2. The molecule has 1 N–H and O–H groups in total. The Morgan fingerprint density at radius 1 is 1.11 bits per heavy atom. The Kier molecular flexibility index (Phi) is 2.88. The standard InChI is InChI=1S/C16H14N2O/c1-2-17-16(19)13-8-5-7-12-10-11-6-3-4-9-14(11)18-15(12)13/h3-10H,2H2,1H3,(H,17,19). The number of nitrogens with one attached hydrogen (secondary N) is 1. The van der Waals surface area contributed by atoms with Gasteiger partial charge >= 0.3 is 0 Å². The van der Waals surface area contributed by atoms with Gasteiger partial charge in [0.1, 0.15) is 0 Å². The number of benzene rings is 2. The van der Waals surface area contributed by atoms with E-state index in [9.17, 15) is 4.79 Å². The first-order valence-electron chi connectivity index (χ1n) is 6.36. The van der Waals surface area contributed by atoms with E-state index < -0.39 is 0 Å². The smallest absolute Gasteiger partial charge is 0.253 e. The molecule has 0 saturated heterocycles. The van der Waals surface area contributed by atoms with E-state index in [1.165, 1.54) is 0 Å². The van der Waals surface area contributed by atoms with Gasteiger partial charge in [0.2, 0.25) is 0 Å². The van der Waals surface area contributed by atoms with Crippen LogP contribution in [0.25, 0.3) is 21.8 Å². The van der Waals surface area contributed by atoms with Crippen molar-refractivity contribution in [3.05, 3.63) is 54.1 Å². The largest absolute Gasteiger partial charge is 0.352 e. The molecular weight excluding hydrogens is 236 g/mol. The monoisotopic (exact) mass is 250 g/mol. The fourth-order valence-corrected chi connectivity index (χ4v) is 2.24. The van der Waals surface area contributed by atoms with E-state index in [2.05, 4.69) is 16.4 Å². The number of carbonyl (C=O) groups excluding carboxylic acids is 1. The van der Waals surface area contributed by atoms with Crippen molar-refractivity contribution in [1.82, 2.24) is 10.3 Å². The van der Waals surface area contributed by atoms with Crippen molar-refractivity contribution >= 4 is 27.7 Å². The molecule has 0 saturated carbocycles. The lowest BCUT2D eigenvalue weighted by atomic mass is 10.1. The maximum atomic E-state index is 12.0. The first-order valence-corrected chi connectivity index (χ1v) is 6.36. The Morgan fingerprint density at radius 3 is 2.74 bits per heavy atom. The number of amides is 1. The van der Waals surface area contributed by atoms with E-state index in [-0.39, 0.29) is 5.91 Å². The van der Waals surface area contributed by atoms with Crippen LogP contribution in [0.5, 0.6) is 0 Å². The lowest BCUT2D eigenvalue weighted by Gasteiger charge is -2.07. The van der Waals surface area contributed by atoms with E-state index in [0.717, 1.165) is 21.8 Å². The van der Waals surface area contributed by atoms with Gasteiger partial charge in [-0.05, 0) is 25.1 Å². The Morgan fingerprint density at radius 2 is 1.89 bits per heavy atom. The van der Waals surface area contributed by atoms with Gasteiger partial charge in [0.25, 0.3) is 5.91 Å². The number of pyridine rings is 1. The third-order valence-electron chi connectivity index (χ3n) is 3.13. The van der Waals surface area contributed by atoms with E-state index in [4.69, 9.17) is 0 Å². The van der Waals surface area contributed by atoms with Gasteiger partial charge in [0.05, 0.1) is 16.6 Å². The SMILES string of the molecule is CCNC(=O)c1cccc2cc3ccccc3nc12. The highest BCUT2D eigenvalue weighted by Crippen LogP contribution is 2.22. The molecule has 94 valence electrons. The van der Waals surface area contributed by atoms with Gasteiger partial charge in [-0.25, -0.2) is 4.98 Å². The molecule has 1 aromatic heterocycles. The van der Waals surface area contributed by atoms with Crippen LogP contribution in [0.4, 0.5) is 0 Å². The highest BCUT2D eigenvalue weighted by Gasteiger charge is 2.10. The second-order valence-corrected chi connectivity index (χ2v) is 4.42. The molecule has 0 radical (unpaired) electrons. The molecule has 1 heterocycles. The molecular formula is C16H14N2O. The summed E-state index contributed by atoms with van der Waals surface area (Å²) in [5.74, 6) is -0.0733. The summed E-state index contributed by atoms with van der Waals surface area (Å²) < 4.78 is 0. The molecule has 2 aromatic carbocycles. The molecule has 3 nitrogen and oxygen atoms in total. The summed E-state index contributed by atoms with van der Waals surface area (Å²) in [7, 11) is 0. The van der Waals surface area contributed by atoms with Crippen molar-refractivity contribution in [3.8, 4) is 0 Å². The summed E-state index contributed by atoms with van der Waals surface area (Å²) in [5.41, 5.74) is 2.30. The summed E-state index contributed by atoms with van der Waals surface area (Å²) in [5, 5.41) is 4.90. The quantitative estimate of drug-likeness (QED) is 0.710. The van der Waals surface area contributed by atoms with E-state index >= 15 is 0 Å². The minimum atomic E-state index is -0.0733. The van der Waals surface area contributed by atoms with Crippen molar-refractivity contribution in [1.29, 1.82) is 0 Å². The normalized spacial score (nSPS) is 10.8. The molecule has 0 bridgehead atoms. The molecule has 0 unspecified atom stereocenters. The van der Waals surface area contributed by atoms with Crippen molar-refractivity contribution in [2.45, 2.75) is 6.92 Å². The first-order chi connectivity index (χ1) is 9.29. The number of fused-ring (bicyclic) bond motifs is 2. The van der Waals surface area contributed by atoms with Crippen LogP contribution in [0.1, 0.15) is 17.3 Å². The van der Waals surface area contributed by atoms with Crippen LogP contribution in [0.3, 0.4) is 0 Å². The van der Waals surface area contributed by atoms with Gasteiger partial charge in [-0.2, -0.15) is 0 Å². The molecule has 0 fully saturated rings. The van der Waals surface area contributed by atoms with E-state index in [0.29, 0.717) is 12.1 Å². The molecule has 3 heteroatoms. The summed E-state index contributed by atoms with van der Waals surface area (Å²) in [4.78, 5) is 16.7. The van der Waals surface area contributed by atoms with Crippen LogP contribution in [-0.4, -0.2) is 17.4 Å². The predicted molar refractivity (Wildman–Crippen MR) is 77.3 cm³/mol. The minimum absolute atomic E-state index is 0.0733. The topological polar surface area (TPSA) is 42.0 Å². The molecule has 0 aliphatic rings. The summed E-state index contributed by atoms with van der Waals surface area (Å²) >= 11 is 0. The van der Waals surface area contributed by atoms with E-state index in [1.807, 2.05) is 49.4 Å². The number of nitrogens with zero attached hydrogens (tertiary/aromatic N) is 1. The Bertz CT molecular complexity index is 765. The molecule has 3 rings (SSSR count). The number of carbonyl (C=O) groups is 1. The van der Waals surface area contributed by atoms with Gasteiger partial charge in [-0.1, -0.05) is 30.3 Å². The van der Waals surface area contributed by atoms with Gasteiger partial charge in [-0.3, -0.25) is 4.79 Å². The number of aromatic nitrogens is 1. The number of para-hydroxylation sites is 2. The maximum absolute atomic E-state index is 12.0. The summed E-state index contributed by atoms with van der Waals surface area (Å²) in [6.07, 6.45) is 0. The van der Waals surface area contributed by atoms with Gasteiger partial charge in [0, 0.05) is 17.3 Å². The van der Waals surface area contributed by atoms with Crippen molar-refractivity contribution in [3.63, 3.8) is 0 Å². The molecule has 0 atom stereocenters. The molecule has 0 aliphatic carbocycles. The maximum Gasteiger partial charge on any atom is 0.253 e. The third kappa shape index (κ3) is 2.03. The van der Waals surface area contributed by atoms with Gasteiger partial charge < -0.3 is 5.32 Å². The zero-order chi connectivity index (χ0) is 13.2. The van der Waals surface area contributed by atoms with Crippen molar-refractivity contribution in [2.75, 3.05) is 6.54 Å². The van der Waals surface area contributed by atoms with E-state index in [1.54, 1.807) is 0 Å². The molecule has 3 aromatic rings. The fraction of sp³-hybridized carbons (Fsp3) is 0.125. The number of hydrogen-bond acceptors (Lipinski definition) is 2. The summed E-state index contributed by atoms with van der Waals surface area (Å²) in [6.45, 7) is 2.52. The fourth-order valence-electron chi connectivity index (χ4n) is 2.24. The summed E-state index contributed by atoms with van der Waals surface area (Å²) in [6, 6.07) is 15.7. The molecule has 0 spiro atoms. The van der Waals surface area contributed by atoms with Crippen molar-refractivity contribution < 1.29 is 4.79 Å². The Balaban J connectivity index is 2.29. The van der Waals surface area contributed by atoms with Crippen LogP contribution in [0.2, 0.25) is 0 Å². The number of hydrogen-bond donors (Lipinski definition) is 1. The highest BCUT2D eigenvalue weighted by atomic mass is 16.1. The average molecular weight is 250 g/mol. The van der Waals surface area contributed by atoms with Gasteiger partial charge in [0.15, 0.2) is 0 Å². The Hall–Kier alpha value is -2.42. The van der Waals surface area contributed by atoms with Crippen LogP contribution < -0.4 is 5.32 Å². The minimum Gasteiger partial charge on any atom is -0.352 e. The van der Waals surface area contributed by atoms with Crippen LogP contribution >= 0.6 is 0 Å². The third-order valence-corrected chi connectivity index (χ3v) is 3.13. The first kappa shape index (κ1) is 11.7. The zero-order valence-electron chi connectivity index (χ0n) is 10.7. The Labute approximate surface area is 111 Å². The van der Waals surface area contributed by atoms with Crippen LogP contribution in [-0.2, 0) is 0 Å². The van der Waals surface area contributed by atoms with Crippen molar-refractivity contribution in [2.24, 2.45) is 0 Å². The second-order valence-electron chi connectivity index (χ2n) is 4.42. The molecule has 0 aliphatic heterocycles. The second kappa shape index (κ2) is 4.69. The highest BCUT2D eigenvalue weighted by molar-refractivity contribution is 6.07. The van der Waals surface area contributed by atoms with Crippen LogP contribution in [0, 0.1) is 0 Å². The van der Waals surface area contributed by atoms with Gasteiger partial charge in [-0.15, -0.1) is 0 Å². The van der Waals surface area contributed by atoms with Crippen LogP contribution in [0.15, 0.2) is 48.5 Å². The lowest BCUT2D eigenvalue weighted by molar-refractivity contribution is 0.0957. The lowest BCUT2D eigenvalue weighted by Crippen LogP contribution is -2.23. The molecule has 19 heavy (non-hydrogen) atoms.